The monoisotopic (exact) mass is 332 g/mol. The largest absolute Gasteiger partial charge is 1.00 e. The maximum absolute atomic E-state index is 2.17. The van der Waals surface area contributed by atoms with E-state index in [0.717, 1.165) is 0 Å². The van der Waals surface area contributed by atoms with Crippen LogP contribution in [0.5, 0.6) is 0 Å². The Balaban J connectivity index is 0.000000980. The van der Waals surface area contributed by atoms with Crippen LogP contribution in [-0.4, -0.2) is 0 Å². The van der Waals surface area contributed by atoms with Crippen molar-refractivity contribution in [1.29, 1.82) is 0 Å². The van der Waals surface area contributed by atoms with Gasteiger partial charge in [-0.05, 0) is 24.3 Å². The number of hydrogen-bond donors (Lipinski definition) is 1. The number of rotatable bonds is 2. The Morgan fingerprint density at radius 2 is 0.933 bits per heavy atom. The summed E-state index contributed by atoms with van der Waals surface area (Å²) in [5, 5.41) is 2.17. The number of hydrogen-bond acceptors (Lipinski definition) is 0. The molecule has 0 aliphatic carbocycles. The molecule has 2 aromatic carbocycles. The minimum atomic E-state index is 0. The summed E-state index contributed by atoms with van der Waals surface area (Å²) in [6.45, 7) is 0. The van der Waals surface area contributed by atoms with Gasteiger partial charge in [-0.1, -0.05) is 36.4 Å². The Kier molecular flexibility index (Phi) is 7.38. The molecule has 0 aliphatic rings. The molecule has 1 nitrogen and oxygen atoms in total. The lowest BCUT2D eigenvalue weighted by atomic mass is 10.3. The van der Waals surface area contributed by atoms with Crippen molar-refractivity contribution in [3.8, 4) is 0 Å². The summed E-state index contributed by atoms with van der Waals surface area (Å²) >= 11 is 0. The first-order valence-corrected chi connectivity index (χ1v) is 4.40. The lowest BCUT2D eigenvalue weighted by molar-refractivity contribution is -0.478. The summed E-state index contributed by atoms with van der Waals surface area (Å²) in [4.78, 5) is 0. The van der Waals surface area contributed by atoms with Crippen LogP contribution in [0.3, 0.4) is 0 Å². The Bertz CT molecular complexity index is 326. The van der Waals surface area contributed by atoms with E-state index in [-0.39, 0.29) is 36.4 Å². The summed E-state index contributed by atoms with van der Waals surface area (Å²) in [6.07, 6.45) is 0. The highest BCUT2D eigenvalue weighted by Crippen LogP contribution is 2.02. The Morgan fingerprint density at radius 3 is 1.27 bits per heavy atom. The normalized spacial score (nSPS) is 8.53. The SMILES string of the molecule is [Cl-].[I-].c1ccc([NH2+]c2ccccc2)cc1. The fourth-order valence-corrected chi connectivity index (χ4v) is 1.29. The number of quaternary nitrogens is 1. The molecule has 0 radical (unpaired) electrons. The summed E-state index contributed by atoms with van der Waals surface area (Å²) in [7, 11) is 0. The fraction of sp³-hybridized carbons (Fsp3) is 0. The van der Waals surface area contributed by atoms with Gasteiger partial charge in [-0.2, -0.15) is 0 Å². The zero-order chi connectivity index (χ0) is 8.93. The molecular weight excluding hydrogens is 320 g/mol. The van der Waals surface area contributed by atoms with Gasteiger partial charge in [0.2, 0.25) is 0 Å². The van der Waals surface area contributed by atoms with Crippen LogP contribution in [0.2, 0.25) is 0 Å². The van der Waals surface area contributed by atoms with E-state index in [1.807, 2.05) is 12.1 Å². The van der Waals surface area contributed by atoms with Crippen molar-refractivity contribution in [2.24, 2.45) is 0 Å². The van der Waals surface area contributed by atoms with Gasteiger partial charge in [-0.15, -0.1) is 0 Å². The molecule has 3 heteroatoms. The molecule has 0 bridgehead atoms. The highest BCUT2D eigenvalue weighted by Gasteiger charge is 1.96. The van der Waals surface area contributed by atoms with Crippen LogP contribution in [-0.2, 0) is 0 Å². The van der Waals surface area contributed by atoms with E-state index in [4.69, 9.17) is 0 Å². The topological polar surface area (TPSA) is 16.6 Å². The standard InChI is InChI=1S/C12H11N.ClH.HI/c1-3-7-11(8-4-1)13-12-9-5-2-6-10-12;;/h1-10,13H;2*1H/p-1. The van der Waals surface area contributed by atoms with E-state index in [0.29, 0.717) is 0 Å². The molecule has 2 aromatic rings. The predicted molar refractivity (Wildman–Crippen MR) is 54.1 cm³/mol. The third-order valence-electron chi connectivity index (χ3n) is 1.93. The minimum Gasteiger partial charge on any atom is -1.00 e. The summed E-state index contributed by atoms with van der Waals surface area (Å²) < 4.78 is 0. The van der Waals surface area contributed by atoms with E-state index >= 15 is 0 Å². The molecule has 15 heavy (non-hydrogen) atoms. The second-order valence-corrected chi connectivity index (χ2v) is 2.97. The second-order valence-electron chi connectivity index (χ2n) is 2.97. The van der Waals surface area contributed by atoms with Gasteiger partial charge in [0.15, 0.2) is 0 Å². The fourth-order valence-electron chi connectivity index (χ4n) is 1.29. The van der Waals surface area contributed by atoms with Crippen molar-refractivity contribution in [3.63, 3.8) is 0 Å². The Morgan fingerprint density at radius 1 is 0.600 bits per heavy atom. The van der Waals surface area contributed by atoms with Gasteiger partial charge in [-0.25, -0.2) is 0 Å². The number of para-hydroxylation sites is 2. The molecule has 80 valence electrons. The molecule has 0 aliphatic heterocycles. The van der Waals surface area contributed by atoms with Crippen molar-refractivity contribution in [2.75, 3.05) is 0 Å². The van der Waals surface area contributed by atoms with Crippen LogP contribution in [0.15, 0.2) is 60.7 Å². The lowest BCUT2D eigenvalue weighted by Crippen LogP contribution is -3.00. The number of halogens is 2. The van der Waals surface area contributed by atoms with Gasteiger partial charge >= 0.3 is 0 Å². The first kappa shape index (κ1) is 14.4. The molecule has 0 fully saturated rings. The summed E-state index contributed by atoms with van der Waals surface area (Å²) in [5.41, 5.74) is 2.49. The second kappa shape index (κ2) is 7.68. The van der Waals surface area contributed by atoms with Crippen molar-refractivity contribution in [3.05, 3.63) is 60.7 Å². The quantitative estimate of drug-likeness (QED) is 0.429. The number of benzene rings is 2. The van der Waals surface area contributed by atoms with Gasteiger partial charge in [0.25, 0.3) is 0 Å². The summed E-state index contributed by atoms with van der Waals surface area (Å²) in [6, 6.07) is 20.7. The molecular formula is C12H12ClIN-. The van der Waals surface area contributed by atoms with Gasteiger partial charge in [0.05, 0.1) is 0 Å². The van der Waals surface area contributed by atoms with E-state index in [1.165, 1.54) is 11.4 Å². The van der Waals surface area contributed by atoms with Crippen LogP contribution in [0.4, 0.5) is 11.4 Å². The van der Waals surface area contributed by atoms with Crippen LogP contribution in [0, 0.1) is 0 Å². The van der Waals surface area contributed by atoms with Crippen molar-refractivity contribution in [2.45, 2.75) is 0 Å². The van der Waals surface area contributed by atoms with E-state index in [2.05, 4.69) is 53.8 Å². The zero-order valence-corrected chi connectivity index (χ0v) is 11.0. The maximum atomic E-state index is 2.17. The highest BCUT2D eigenvalue weighted by atomic mass is 127. The predicted octanol–water partition coefficient (Wildman–Crippen LogP) is -3.78. The highest BCUT2D eigenvalue weighted by molar-refractivity contribution is 5.35. The first-order valence-electron chi connectivity index (χ1n) is 4.40. The molecule has 0 heterocycles. The maximum Gasteiger partial charge on any atom is 0.134 e. The van der Waals surface area contributed by atoms with Crippen LogP contribution >= 0.6 is 0 Å². The van der Waals surface area contributed by atoms with Gasteiger partial charge in [-0.3, -0.25) is 5.32 Å². The van der Waals surface area contributed by atoms with Crippen molar-refractivity contribution < 1.29 is 41.7 Å². The van der Waals surface area contributed by atoms with Gasteiger partial charge in [0.1, 0.15) is 11.4 Å². The molecule has 0 amide bonds. The molecule has 0 spiro atoms. The van der Waals surface area contributed by atoms with E-state index in [1.54, 1.807) is 0 Å². The summed E-state index contributed by atoms with van der Waals surface area (Å²) in [5.74, 6) is 0. The lowest BCUT2D eigenvalue weighted by Gasteiger charge is -1.98. The first-order chi connectivity index (χ1) is 6.45. The van der Waals surface area contributed by atoms with Crippen LogP contribution < -0.4 is 41.7 Å². The van der Waals surface area contributed by atoms with E-state index < -0.39 is 0 Å². The van der Waals surface area contributed by atoms with Crippen LogP contribution in [0.1, 0.15) is 0 Å². The molecule has 0 aromatic heterocycles. The molecule has 0 saturated heterocycles. The average molecular weight is 333 g/mol. The molecule has 0 atom stereocenters. The molecule has 2 rings (SSSR count). The Labute approximate surface area is 113 Å². The van der Waals surface area contributed by atoms with E-state index in [9.17, 15) is 0 Å². The third-order valence-corrected chi connectivity index (χ3v) is 1.93. The minimum absolute atomic E-state index is 0. The van der Waals surface area contributed by atoms with Gasteiger partial charge in [0, 0.05) is 0 Å². The number of nitrogens with two attached hydrogens (primary N) is 1. The average Bonchev–Trinajstić information content (AvgIpc) is 2.21. The van der Waals surface area contributed by atoms with Gasteiger partial charge < -0.3 is 36.4 Å². The Hall–Kier alpha value is -0.580. The van der Waals surface area contributed by atoms with Crippen LogP contribution in [0.25, 0.3) is 0 Å². The molecule has 0 unspecified atom stereocenters. The molecule has 0 saturated carbocycles. The smallest absolute Gasteiger partial charge is 0.134 e. The molecule has 2 N–H and O–H groups in total. The third kappa shape index (κ3) is 4.64. The zero-order valence-electron chi connectivity index (χ0n) is 8.11. The van der Waals surface area contributed by atoms with Crippen molar-refractivity contribution in [1.82, 2.24) is 0 Å². The van der Waals surface area contributed by atoms with Crippen molar-refractivity contribution >= 4 is 11.4 Å².